The first-order chi connectivity index (χ1) is 16.9. The highest BCUT2D eigenvalue weighted by atomic mass is 32.2. The van der Waals surface area contributed by atoms with Gasteiger partial charge >= 0.3 is 0 Å². The third-order valence-corrected chi connectivity index (χ3v) is 7.51. The van der Waals surface area contributed by atoms with Gasteiger partial charge < -0.3 is 10.2 Å². The number of carbonyl (C=O) groups excluding carboxylic acids is 2. The van der Waals surface area contributed by atoms with Gasteiger partial charge in [0.2, 0.25) is 11.8 Å². The van der Waals surface area contributed by atoms with Crippen molar-refractivity contribution in [2.45, 2.75) is 44.6 Å². The molecule has 184 valence electrons. The number of hydrazone groups is 1. The van der Waals surface area contributed by atoms with Gasteiger partial charge in [0.05, 0.1) is 17.4 Å². The summed E-state index contributed by atoms with van der Waals surface area (Å²) >= 11 is 1.19. The van der Waals surface area contributed by atoms with Crippen LogP contribution in [0.25, 0.3) is 0 Å². The number of rotatable bonds is 5. The predicted octanol–water partition coefficient (Wildman–Crippen LogP) is 3.84. The summed E-state index contributed by atoms with van der Waals surface area (Å²) in [6, 6.07) is 8.97. The number of anilines is 1. The first kappa shape index (κ1) is 23.5. The fourth-order valence-electron chi connectivity index (χ4n) is 4.91. The largest absolute Gasteiger partial charge is 0.323 e. The Labute approximate surface area is 204 Å². The van der Waals surface area contributed by atoms with Crippen molar-refractivity contribution >= 4 is 34.4 Å². The van der Waals surface area contributed by atoms with E-state index in [1.807, 2.05) is 0 Å². The fraction of sp³-hybridized carbons (Fsp3) is 0.375. The van der Waals surface area contributed by atoms with E-state index in [2.05, 4.69) is 20.7 Å². The molecule has 5 rings (SSSR count). The molecule has 0 radical (unpaired) electrons. The van der Waals surface area contributed by atoms with Crippen molar-refractivity contribution in [1.82, 2.24) is 15.2 Å². The Balaban J connectivity index is 1.30. The molecule has 35 heavy (non-hydrogen) atoms. The number of hydrogen-bond donors (Lipinski definition) is 2. The second-order valence-corrected chi connectivity index (χ2v) is 9.76. The third kappa shape index (κ3) is 4.82. The maximum atomic E-state index is 13.9. The number of fused-ring (bicyclic) bond motifs is 3. The smallest absolute Gasteiger partial charge is 0.234 e. The van der Waals surface area contributed by atoms with Crippen molar-refractivity contribution in [1.29, 1.82) is 0 Å². The van der Waals surface area contributed by atoms with Gasteiger partial charge in [-0.2, -0.15) is 5.10 Å². The molecule has 0 bridgehead atoms. The van der Waals surface area contributed by atoms with Crippen molar-refractivity contribution in [2.75, 3.05) is 11.1 Å². The number of benzene rings is 2. The summed E-state index contributed by atoms with van der Waals surface area (Å²) in [5, 5.41) is 7.45. The molecule has 2 heterocycles. The molecule has 0 spiro atoms. The number of carbonyl (C=O) groups is 2. The highest BCUT2D eigenvalue weighted by molar-refractivity contribution is 8.14. The van der Waals surface area contributed by atoms with Crippen LogP contribution in [0, 0.1) is 23.4 Å². The lowest BCUT2D eigenvalue weighted by molar-refractivity contribution is -0.156. The van der Waals surface area contributed by atoms with Crippen molar-refractivity contribution in [3.8, 4) is 0 Å². The van der Waals surface area contributed by atoms with Crippen LogP contribution in [-0.2, 0) is 16.1 Å². The monoisotopic (exact) mass is 503 g/mol. The normalized spacial score (nSPS) is 23.3. The van der Waals surface area contributed by atoms with Crippen LogP contribution in [0.1, 0.15) is 31.2 Å². The highest BCUT2D eigenvalue weighted by Gasteiger charge is 2.51. The van der Waals surface area contributed by atoms with Crippen LogP contribution >= 0.6 is 11.8 Å². The minimum absolute atomic E-state index is 0.0374. The van der Waals surface area contributed by atoms with Crippen LogP contribution in [0.4, 0.5) is 18.9 Å². The Bertz CT molecular complexity index is 1160. The van der Waals surface area contributed by atoms with Crippen molar-refractivity contribution in [2.24, 2.45) is 11.0 Å². The van der Waals surface area contributed by atoms with E-state index < -0.39 is 23.8 Å². The Kier molecular flexibility index (Phi) is 6.59. The van der Waals surface area contributed by atoms with Crippen molar-refractivity contribution in [3.05, 3.63) is 65.5 Å². The van der Waals surface area contributed by atoms with Crippen LogP contribution in [0.3, 0.4) is 0 Å². The molecule has 3 aliphatic rings. The zero-order chi connectivity index (χ0) is 24.5. The summed E-state index contributed by atoms with van der Waals surface area (Å²) in [4.78, 5) is 29.6. The average Bonchev–Trinajstić information content (AvgIpc) is 3.27. The lowest BCUT2D eigenvalue weighted by Crippen LogP contribution is -2.66. The van der Waals surface area contributed by atoms with E-state index >= 15 is 0 Å². The Morgan fingerprint density at radius 2 is 1.83 bits per heavy atom. The molecular formula is C24H24F3N5O2S. The lowest BCUT2D eigenvalue weighted by atomic mass is 9.81. The summed E-state index contributed by atoms with van der Waals surface area (Å²) in [6.07, 6.45) is 3.07. The third-order valence-electron chi connectivity index (χ3n) is 6.55. The SMILES string of the molecule is O=C(CSC1=NNC2N(Cc3ccc(F)cc3)C(=O)C3CCCCC3N12)Nc1ccc(F)cc1F. The van der Waals surface area contributed by atoms with E-state index in [0.29, 0.717) is 17.8 Å². The predicted molar refractivity (Wildman–Crippen MR) is 126 cm³/mol. The van der Waals surface area contributed by atoms with Gasteiger partial charge in [-0.1, -0.05) is 36.7 Å². The number of hydrogen-bond acceptors (Lipinski definition) is 6. The zero-order valence-electron chi connectivity index (χ0n) is 18.7. The second-order valence-electron chi connectivity index (χ2n) is 8.82. The molecule has 2 N–H and O–H groups in total. The maximum absolute atomic E-state index is 13.9. The molecule has 0 aromatic heterocycles. The van der Waals surface area contributed by atoms with Gasteiger partial charge in [0.15, 0.2) is 11.5 Å². The molecule has 2 aliphatic heterocycles. The Morgan fingerprint density at radius 1 is 1.09 bits per heavy atom. The van der Waals surface area contributed by atoms with Crippen LogP contribution < -0.4 is 10.7 Å². The molecule has 2 aromatic carbocycles. The Morgan fingerprint density at radius 3 is 2.60 bits per heavy atom. The topological polar surface area (TPSA) is 77.0 Å². The molecule has 2 fully saturated rings. The van der Waals surface area contributed by atoms with Gasteiger partial charge in [-0.25, -0.2) is 13.2 Å². The number of nitrogens with zero attached hydrogens (tertiary/aromatic N) is 3. The standard InChI is InChI=1S/C24H24F3N5O2S/c25-15-7-5-14(6-8-15)12-31-22(34)17-3-1-2-4-20(17)32-23(31)29-30-24(32)35-13-21(33)28-19-10-9-16(26)11-18(19)27/h5-11,17,20,23,29H,1-4,12-13H2,(H,28,33). The first-order valence-corrected chi connectivity index (χ1v) is 12.4. The summed E-state index contributed by atoms with van der Waals surface area (Å²) in [6.45, 7) is 0.300. The Hall–Kier alpha value is -3.21. The number of halogens is 3. The quantitative estimate of drug-likeness (QED) is 0.649. The summed E-state index contributed by atoms with van der Waals surface area (Å²) in [5.74, 6) is -2.55. The van der Waals surface area contributed by atoms with Gasteiger partial charge in [0.1, 0.15) is 17.5 Å². The molecule has 3 atom stereocenters. The highest BCUT2D eigenvalue weighted by Crippen LogP contribution is 2.39. The number of thioether (sulfide) groups is 1. The van der Waals surface area contributed by atoms with E-state index in [1.54, 1.807) is 17.0 Å². The second kappa shape index (κ2) is 9.80. The first-order valence-electron chi connectivity index (χ1n) is 11.4. The number of nitrogens with one attached hydrogen (secondary N) is 2. The molecule has 7 nitrogen and oxygen atoms in total. The summed E-state index contributed by atoms with van der Waals surface area (Å²) in [7, 11) is 0. The molecule has 2 amide bonds. The minimum atomic E-state index is -0.848. The van der Waals surface area contributed by atoms with Crippen LogP contribution in [0.2, 0.25) is 0 Å². The van der Waals surface area contributed by atoms with E-state index in [9.17, 15) is 22.8 Å². The van der Waals surface area contributed by atoms with Crippen LogP contribution in [0.5, 0.6) is 0 Å². The van der Waals surface area contributed by atoms with Crippen LogP contribution in [0.15, 0.2) is 47.6 Å². The molecule has 3 unspecified atom stereocenters. The van der Waals surface area contributed by atoms with Gasteiger partial charge in [0, 0.05) is 18.7 Å². The van der Waals surface area contributed by atoms with E-state index in [0.717, 1.165) is 37.3 Å². The molecule has 2 aromatic rings. The molecule has 1 saturated carbocycles. The van der Waals surface area contributed by atoms with Gasteiger partial charge in [-0.15, -0.1) is 0 Å². The maximum Gasteiger partial charge on any atom is 0.234 e. The van der Waals surface area contributed by atoms with Gasteiger partial charge in [-0.05, 0) is 42.7 Å². The van der Waals surface area contributed by atoms with Crippen molar-refractivity contribution < 1.29 is 22.8 Å². The lowest BCUT2D eigenvalue weighted by Gasteiger charge is -2.50. The summed E-state index contributed by atoms with van der Waals surface area (Å²) < 4.78 is 40.4. The van der Waals surface area contributed by atoms with Gasteiger partial charge in [-0.3, -0.25) is 19.9 Å². The van der Waals surface area contributed by atoms with E-state index in [1.165, 1.54) is 30.0 Å². The molecular weight excluding hydrogens is 479 g/mol. The van der Waals surface area contributed by atoms with Crippen LogP contribution in [-0.4, -0.2) is 44.9 Å². The zero-order valence-corrected chi connectivity index (χ0v) is 19.5. The average molecular weight is 504 g/mol. The number of amides is 2. The van der Waals surface area contributed by atoms with E-state index in [4.69, 9.17) is 0 Å². The minimum Gasteiger partial charge on any atom is -0.323 e. The van der Waals surface area contributed by atoms with E-state index in [-0.39, 0.29) is 35.1 Å². The van der Waals surface area contributed by atoms with Crippen molar-refractivity contribution in [3.63, 3.8) is 0 Å². The molecule has 1 saturated heterocycles. The molecule has 1 aliphatic carbocycles. The summed E-state index contributed by atoms with van der Waals surface area (Å²) in [5.41, 5.74) is 3.74. The van der Waals surface area contributed by atoms with Gasteiger partial charge in [0.25, 0.3) is 0 Å². The molecule has 11 heteroatoms. The fourth-order valence-corrected chi connectivity index (χ4v) is 5.75. The number of amidine groups is 1.